The molecule has 1 aromatic carbocycles. The van der Waals surface area contributed by atoms with Crippen LogP contribution in [0.3, 0.4) is 0 Å². The SMILES string of the molecule is CCN(CCCl)C(=O)c1ccc2c(c1)OCO2. The molecule has 0 N–H and O–H groups in total. The number of ether oxygens (including phenoxy) is 2. The summed E-state index contributed by atoms with van der Waals surface area (Å²) in [5.74, 6) is 1.70. The molecule has 4 nitrogen and oxygen atoms in total. The monoisotopic (exact) mass is 255 g/mol. The Bertz CT molecular complexity index is 422. The zero-order valence-corrected chi connectivity index (χ0v) is 10.4. The van der Waals surface area contributed by atoms with Gasteiger partial charge in [0.1, 0.15) is 0 Å². The molecular weight excluding hydrogens is 242 g/mol. The lowest BCUT2D eigenvalue weighted by Gasteiger charge is -2.19. The number of fused-ring (bicyclic) bond motifs is 1. The van der Waals surface area contributed by atoms with Gasteiger partial charge in [0.2, 0.25) is 6.79 Å². The largest absolute Gasteiger partial charge is 0.454 e. The molecule has 0 aliphatic carbocycles. The minimum absolute atomic E-state index is 0.0357. The van der Waals surface area contributed by atoms with Gasteiger partial charge in [-0.1, -0.05) is 0 Å². The van der Waals surface area contributed by atoms with Crippen molar-refractivity contribution in [3.05, 3.63) is 23.8 Å². The van der Waals surface area contributed by atoms with Gasteiger partial charge in [0, 0.05) is 24.5 Å². The van der Waals surface area contributed by atoms with Crippen LogP contribution >= 0.6 is 11.6 Å². The molecular formula is C12H14ClNO3. The summed E-state index contributed by atoms with van der Waals surface area (Å²) in [6.45, 7) is 3.33. The van der Waals surface area contributed by atoms with Crippen LogP contribution in [0.1, 0.15) is 17.3 Å². The number of carbonyl (C=O) groups is 1. The fraction of sp³-hybridized carbons (Fsp3) is 0.417. The van der Waals surface area contributed by atoms with Gasteiger partial charge in [0.05, 0.1) is 0 Å². The second kappa shape index (κ2) is 5.27. The van der Waals surface area contributed by atoms with Crippen LogP contribution in [0.15, 0.2) is 18.2 Å². The molecule has 0 saturated heterocycles. The highest BCUT2D eigenvalue weighted by molar-refractivity contribution is 6.18. The summed E-state index contributed by atoms with van der Waals surface area (Å²) in [5.41, 5.74) is 0.598. The fourth-order valence-electron chi connectivity index (χ4n) is 1.72. The zero-order chi connectivity index (χ0) is 12.3. The normalized spacial score (nSPS) is 12.6. The lowest BCUT2D eigenvalue weighted by atomic mass is 10.1. The van der Waals surface area contributed by atoms with Crippen molar-refractivity contribution in [3.63, 3.8) is 0 Å². The molecule has 0 bridgehead atoms. The van der Waals surface area contributed by atoms with Crippen LogP contribution in [0.4, 0.5) is 0 Å². The van der Waals surface area contributed by atoms with Gasteiger partial charge in [-0.3, -0.25) is 4.79 Å². The van der Waals surface area contributed by atoms with Crippen molar-refractivity contribution in [1.29, 1.82) is 0 Å². The number of hydrogen-bond acceptors (Lipinski definition) is 3. The van der Waals surface area contributed by atoms with E-state index >= 15 is 0 Å². The summed E-state index contributed by atoms with van der Waals surface area (Å²) in [5, 5.41) is 0. The van der Waals surface area contributed by atoms with Gasteiger partial charge in [-0.25, -0.2) is 0 Å². The second-order valence-corrected chi connectivity index (χ2v) is 4.02. The van der Waals surface area contributed by atoms with Crippen LogP contribution in [-0.4, -0.2) is 36.6 Å². The van der Waals surface area contributed by atoms with Crippen molar-refractivity contribution in [2.75, 3.05) is 25.8 Å². The third kappa shape index (κ3) is 2.47. The maximum absolute atomic E-state index is 12.1. The third-order valence-corrected chi connectivity index (χ3v) is 2.81. The van der Waals surface area contributed by atoms with Gasteiger partial charge in [0.15, 0.2) is 11.5 Å². The quantitative estimate of drug-likeness (QED) is 0.774. The van der Waals surface area contributed by atoms with E-state index in [9.17, 15) is 4.79 Å². The molecule has 92 valence electrons. The maximum atomic E-state index is 12.1. The van der Waals surface area contributed by atoms with Crippen molar-refractivity contribution < 1.29 is 14.3 Å². The Hall–Kier alpha value is -1.42. The molecule has 0 aromatic heterocycles. The number of nitrogens with zero attached hydrogens (tertiary/aromatic N) is 1. The molecule has 1 aliphatic heterocycles. The molecule has 0 fully saturated rings. The average molecular weight is 256 g/mol. The number of amides is 1. The number of alkyl halides is 1. The Morgan fingerprint density at radius 2 is 2.18 bits per heavy atom. The number of carbonyl (C=O) groups excluding carboxylic acids is 1. The first-order valence-corrected chi connectivity index (χ1v) is 6.04. The number of halogens is 1. The molecule has 0 unspecified atom stereocenters. The first-order valence-electron chi connectivity index (χ1n) is 5.51. The molecule has 17 heavy (non-hydrogen) atoms. The highest BCUT2D eigenvalue weighted by Gasteiger charge is 2.18. The van der Waals surface area contributed by atoms with Crippen molar-refractivity contribution in [1.82, 2.24) is 4.90 Å². The van der Waals surface area contributed by atoms with Gasteiger partial charge in [-0.2, -0.15) is 0 Å². The van der Waals surface area contributed by atoms with E-state index in [0.717, 1.165) is 0 Å². The number of hydrogen-bond donors (Lipinski definition) is 0. The smallest absolute Gasteiger partial charge is 0.254 e. The van der Waals surface area contributed by atoms with E-state index in [2.05, 4.69) is 0 Å². The van der Waals surface area contributed by atoms with Crippen LogP contribution in [0, 0.1) is 0 Å². The Balaban J connectivity index is 2.19. The Morgan fingerprint density at radius 1 is 1.41 bits per heavy atom. The molecule has 0 atom stereocenters. The lowest BCUT2D eigenvalue weighted by molar-refractivity contribution is 0.0773. The molecule has 1 aromatic rings. The van der Waals surface area contributed by atoms with Crippen LogP contribution in [-0.2, 0) is 0 Å². The van der Waals surface area contributed by atoms with Crippen molar-refractivity contribution in [2.24, 2.45) is 0 Å². The van der Waals surface area contributed by atoms with Crippen LogP contribution < -0.4 is 9.47 Å². The van der Waals surface area contributed by atoms with E-state index < -0.39 is 0 Å². The molecule has 1 amide bonds. The standard InChI is InChI=1S/C12H14ClNO3/c1-2-14(6-5-13)12(15)9-3-4-10-11(7-9)17-8-16-10/h3-4,7H,2,5-6,8H2,1H3. The minimum atomic E-state index is -0.0357. The molecule has 2 rings (SSSR count). The van der Waals surface area contributed by atoms with Crippen LogP contribution in [0.2, 0.25) is 0 Å². The topological polar surface area (TPSA) is 38.8 Å². The highest BCUT2D eigenvalue weighted by Crippen LogP contribution is 2.32. The molecule has 0 radical (unpaired) electrons. The average Bonchev–Trinajstić information content (AvgIpc) is 2.82. The van der Waals surface area contributed by atoms with Gasteiger partial charge in [-0.15, -0.1) is 11.6 Å². The van der Waals surface area contributed by atoms with Crippen molar-refractivity contribution in [2.45, 2.75) is 6.92 Å². The first kappa shape index (κ1) is 12.0. The first-order chi connectivity index (χ1) is 8.26. The number of benzene rings is 1. The Kier molecular flexibility index (Phi) is 3.74. The van der Waals surface area contributed by atoms with E-state index in [-0.39, 0.29) is 12.7 Å². The number of rotatable bonds is 4. The summed E-state index contributed by atoms with van der Waals surface area (Å²) in [6, 6.07) is 5.21. The predicted octanol–water partition coefficient (Wildman–Crippen LogP) is 2.12. The van der Waals surface area contributed by atoms with E-state index in [1.807, 2.05) is 6.92 Å². The molecule has 0 spiro atoms. The predicted molar refractivity (Wildman–Crippen MR) is 64.9 cm³/mol. The summed E-state index contributed by atoms with van der Waals surface area (Å²) in [6.07, 6.45) is 0. The van der Waals surface area contributed by atoms with E-state index in [0.29, 0.717) is 36.0 Å². The van der Waals surface area contributed by atoms with Gasteiger partial charge >= 0.3 is 0 Å². The van der Waals surface area contributed by atoms with Gasteiger partial charge in [0.25, 0.3) is 5.91 Å². The highest BCUT2D eigenvalue weighted by atomic mass is 35.5. The van der Waals surface area contributed by atoms with E-state index in [1.165, 1.54) is 0 Å². The fourth-order valence-corrected chi connectivity index (χ4v) is 1.92. The summed E-state index contributed by atoms with van der Waals surface area (Å²) >= 11 is 5.66. The zero-order valence-electron chi connectivity index (χ0n) is 9.61. The van der Waals surface area contributed by atoms with Crippen molar-refractivity contribution >= 4 is 17.5 Å². The third-order valence-electron chi connectivity index (χ3n) is 2.64. The minimum Gasteiger partial charge on any atom is -0.454 e. The maximum Gasteiger partial charge on any atom is 0.254 e. The van der Waals surface area contributed by atoms with E-state index in [4.69, 9.17) is 21.1 Å². The van der Waals surface area contributed by atoms with Crippen LogP contribution in [0.25, 0.3) is 0 Å². The molecule has 1 heterocycles. The molecule has 5 heteroatoms. The van der Waals surface area contributed by atoms with Crippen LogP contribution in [0.5, 0.6) is 11.5 Å². The van der Waals surface area contributed by atoms with Gasteiger partial charge < -0.3 is 14.4 Å². The summed E-state index contributed by atoms with van der Waals surface area (Å²) < 4.78 is 10.4. The van der Waals surface area contributed by atoms with E-state index in [1.54, 1.807) is 23.1 Å². The van der Waals surface area contributed by atoms with Gasteiger partial charge in [-0.05, 0) is 25.1 Å². The van der Waals surface area contributed by atoms with Crippen molar-refractivity contribution in [3.8, 4) is 11.5 Å². The summed E-state index contributed by atoms with van der Waals surface area (Å²) in [4.78, 5) is 13.8. The molecule has 1 aliphatic rings. The lowest BCUT2D eigenvalue weighted by Crippen LogP contribution is -2.32. The Labute approximate surface area is 105 Å². The summed E-state index contributed by atoms with van der Waals surface area (Å²) in [7, 11) is 0. The second-order valence-electron chi connectivity index (χ2n) is 3.64. The molecule has 0 saturated carbocycles. The Morgan fingerprint density at radius 3 is 2.88 bits per heavy atom.